The Morgan fingerprint density at radius 2 is 1.97 bits per heavy atom. The van der Waals surface area contributed by atoms with Gasteiger partial charge in [0.2, 0.25) is 0 Å². The van der Waals surface area contributed by atoms with Gasteiger partial charge in [-0.3, -0.25) is 14.7 Å². The van der Waals surface area contributed by atoms with E-state index in [9.17, 15) is 4.79 Å². The van der Waals surface area contributed by atoms with Gasteiger partial charge >= 0.3 is 0 Å². The van der Waals surface area contributed by atoms with E-state index in [1.165, 1.54) is 11.8 Å². The van der Waals surface area contributed by atoms with Crippen LogP contribution in [0.3, 0.4) is 0 Å². The Labute approximate surface area is 204 Å². The number of benzene rings is 2. The summed E-state index contributed by atoms with van der Waals surface area (Å²) in [4.78, 5) is 19.4. The molecule has 0 aliphatic carbocycles. The van der Waals surface area contributed by atoms with Gasteiger partial charge in [0.15, 0.2) is 16.7 Å². The lowest BCUT2D eigenvalue weighted by Gasteiger charge is -2.14. The van der Waals surface area contributed by atoms with Crippen LogP contribution in [0.2, 0.25) is 10.0 Å². The normalized spacial score (nSPS) is 16.5. The van der Waals surface area contributed by atoms with Gasteiger partial charge in [0.25, 0.3) is 5.91 Å². The van der Waals surface area contributed by atoms with Gasteiger partial charge in [-0.15, -0.1) is 0 Å². The van der Waals surface area contributed by atoms with Gasteiger partial charge in [0, 0.05) is 13.1 Å². The molecule has 1 fully saturated rings. The summed E-state index contributed by atoms with van der Waals surface area (Å²) in [6.45, 7) is 5.39. The first-order valence-corrected chi connectivity index (χ1v) is 11.9. The van der Waals surface area contributed by atoms with Gasteiger partial charge in [-0.05, 0) is 83.0 Å². The van der Waals surface area contributed by atoms with Crippen LogP contribution in [0.4, 0.5) is 0 Å². The van der Waals surface area contributed by atoms with Crippen LogP contribution in [0, 0.1) is 0 Å². The Balaban J connectivity index is 1.85. The summed E-state index contributed by atoms with van der Waals surface area (Å²) < 4.78 is 12.2. The number of amides is 1. The summed E-state index contributed by atoms with van der Waals surface area (Å²) in [5.74, 6) is 1.06. The smallest absolute Gasteiger partial charge is 0.266 e. The third kappa shape index (κ3) is 5.58. The Bertz CT molecular complexity index is 1060. The molecule has 5 nitrogen and oxygen atoms in total. The summed E-state index contributed by atoms with van der Waals surface area (Å²) in [6.07, 6.45) is 1.84. The Morgan fingerprint density at radius 1 is 1.19 bits per heavy atom. The lowest BCUT2D eigenvalue weighted by molar-refractivity contribution is -0.122. The molecule has 0 aromatic heterocycles. The molecule has 164 valence electrons. The SMILES string of the molecule is CCN=C1S/C(=C/c2cc(Br)c(OCc3ccc(Cl)c(Cl)c3)c(OC)c2)C(=O)N1CC. The van der Waals surface area contributed by atoms with Crippen LogP contribution in [0.25, 0.3) is 6.08 Å². The van der Waals surface area contributed by atoms with Gasteiger partial charge in [-0.25, -0.2) is 0 Å². The molecule has 1 heterocycles. The first-order valence-electron chi connectivity index (χ1n) is 9.58. The van der Waals surface area contributed by atoms with Crippen LogP contribution >= 0.6 is 50.9 Å². The molecule has 0 spiro atoms. The molecule has 1 amide bonds. The quantitative estimate of drug-likeness (QED) is 0.366. The number of halogens is 3. The topological polar surface area (TPSA) is 51.1 Å². The fourth-order valence-corrected chi connectivity index (χ4v) is 4.94. The summed E-state index contributed by atoms with van der Waals surface area (Å²) in [5, 5.41) is 1.70. The average molecular weight is 544 g/mol. The molecule has 31 heavy (non-hydrogen) atoms. The first-order chi connectivity index (χ1) is 14.9. The van der Waals surface area contributed by atoms with Gasteiger partial charge in [-0.1, -0.05) is 29.3 Å². The second-order valence-corrected chi connectivity index (χ2v) is 9.17. The summed E-state index contributed by atoms with van der Waals surface area (Å²) in [6, 6.07) is 9.07. The molecule has 1 aliphatic rings. The fourth-order valence-electron chi connectivity index (χ4n) is 2.94. The van der Waals surface area contributed by atoms with Crippen molar-refractivity contribution >= 4 is 68.0 Å². The van der Waals surface area contributed by atoms with E-state index in [0.29, 0.717) is 50.6 Å². The van der Waals surface area contributed by atoms with Crippen molar-refractivity contribution in [1.29, 1.82) is 0 Å². The molecule has 2 aromatic carbocycles. The molecule has 0 N–H and O–H groups in total. The van der Waals surface area contributed by atoms with Crippen LogP contribution in [0.5, 0.6) is 11.5 Å². The number of ether oxygens (including phenoxy) is 2. The number of thioether (sulfide) groups is 1. The second-order valence-electron chi connectivity index (χ2n) is 6.49. The Kier molecular flexibility index (Phi) is 8.33. The standard InChI is InChI=1S/C22H21BrCl2N2O3S/c1-4-26-22-27(5-2)21(28)19(31-22)11-14-8-15(23)20(18(10-14)29-3)30-12-13-6-7-16(24)17(25)9-13/h6-11H,4-5,12H2,1-3H3/b19-11+,26-22?. The maximum atomic E-state index is 12.7. The van der Waals surface area contributed by atoms with Crippen LogP contribution in [0.1, 0.15) is 25.0 Å². The van der Waals surface area contributed by atoms with Crippen LogP contribution < -0.4 is 9.47 Å². The van der Waals surface area contributed by atoms with Gasteiger partial charge in [0.05, 0.1) is 26.5 Å². The summed E-state index contributed by atoms with van der Waals surface area (Å²) in [5.41, 5.74) is 1.69. The van der Waals surface area contributed by atoms with E-state index < -0.39 is 0 Å². The molecule has 0 radical (unpaired) electrons. The number of carbonyl (C=O) groups is 1. The van der Waals surface area contributed by atoms with Crippen LogP contribution in [-0.4, -0.2) is 36.2 Å². The number of hydrogen-bond donors (Lipinski definition) is 0. The lowest BCUT2D eigenvalue weighted by atomic mass is 10.1. The summed E-state index contributed by atoms with van der Waals surface area (Å²) >= 11 is 17.0. The van der Waals surface area contributed by atoms with Crippen molar-refractivity contribution < 1.29 is 14.3 Å². The van der Waals surface area contributed by atoms with Crippen LogP contribution in [0.15, 0.2) is 44.7 Å². The minimum atomic E-state index is -0.0465. The number of likely N-dealkylation sites (N-methyl/N-ethyl adjacent to an activating group) is 1. The van der Waals surface area contributed by atoms with Crippen molar-refractivity contribution in [3.8, 4) is 11.5 Å². The fraction of sp³-hybridized carbons (Fsp3) is 0.273. The number of carbonyl (C=O) groups excluding carboxylic acids is 1. The third-order valence-electron chi connectivity index (χ3n) is 4.41. The lowest BCUT2D eigenvalue weighted by Crippen LogP contribution is -2.28. The van der Waals surface area contributed by atoms with E-state index in [-0.39, 0.29) is 5.91 Å². The zero-order chi connectivity index (χ0) is 22.5. The molecular formula is C22H21BrCl2N2O3S. The zero-order valence-corrected chi connectivity index (χ0v) is 21.2. The van der Waals surface area contributed by atoms with E-state index in [2.05, 4.69) is 20.9 Å². The van der Waals surface area contributed by atoms with Crippen molar-refractivity contribution in [2.24, 2.45) is 4.99 Å². The van der Waals surface area contributed by atoms with Crippen molar-refractivity contribution in [1.82, 2.24) is 4.90 Å². The Morgan fingerprint density at radius 3 is 2.61 bits per heavy atom. The number of amidine groups is 1. The average Bonchev–Trinajstić information content (AvgIpc) is 3.03. The first kappa shape index (κ1) is 24.0. The molecule has 0 atom stereocenters. The molecule has 2 aromatic rings. The molecule has 9 heteroatoms. The molecule has 1 saturated heterocycles. The highest BCUT2D eigenvalue weighted by Gasteiger charge is 2.31. The highest BCUT2D eigenvalue weighted by atomic mass is 79.9. The van der Waals surface area contributed by atoms with Crippen molar-refractivity contribution in [3.63, 3.8) is 0 Å². The molecule has 0 unspecified atom stereocenters. The van der Waals surface area contributed by atoms with Gasteiger partial charge in [0.1, 0.15) is 6.61 Å². The molecule has 0 saturated carbocycles. The molecule has 1 aliphatic heterocycles. The van der Waals surface area contributed by atoms with E-state index >= 15 is 0 Å². The largest absolute Gasteiger partial charge is 0.493 e. The number of hydrogen-bond acceptors (Lipinski definition) is 5. The summed E-state index contributed by atoms with van der Waals surface area (Å²) in [7, 11) is 1.57. The number of methoxy groups -OCH3 is 1. The maximum absolute atomic E-state index is 12.7. The zero-order valence-electron chi connectivity index (χ0n) is 17.2. The van der Waals surface area contributed by atoms with E-state index in [1.807, 2.05) is 38.1 Å². The number of rotatable bonds is 7. The number of aliphatic imine (C=N–C) groups is 1. The predicted octanol–water partition coefficient (Wildman–Crippen LogP) is 6.66. The van der Waals surface area contributed by atoms with E-state index in [0.717, 1.165) is 16.3 Å². The van der Waals surface area contributed by atoms with Gasteiger partial charge in [-0.2, -0.15) is 0 Å². The minimum absolute atomic E-state index is 0.0465. The number of nitrogens with zero attached hydrogens (tertiary/aromatic N) is 2. The van der Waals surface area contributed by atoms with E-state index in [1.54, 1.807) is 24.1 Å². The monoisotopic (exact) mass is 542 g/mol. The Hall–Kier alpha value is -1.67. The molecule has 3 rings (SSSR count). The maximum Gasteiger partial charge on any atom is 0.266 e. The van der Waals surface area contributed by atoms with Crippen LogP contribution in [-0.2, 0) is 11.4 Å². The molecular weight excluding hydrogens is 523 g/mol. The molecule has 0 bridgehead atoms. The van der Waals surface area contributed by atoms with Crippen molar-refractivity contribution in [2.75, 3.05) is 20.2 Å². The highest BCUT2D eigenvalue weighted by Crippen LogP contribution is 2.39. The minimum Gasteiger partial charge on any atom is -0.493 e. The van der Waals surface area contributed by atoms with E-state index in [4.69, 9.17) is 32.7 Å². The van der Waals surface area contributed by atoms with Crippen molar-refractivity contribution in [2.45, 2.75) is 20.5 Å². The second kappa shape index (κ2) is 10.8. The van der Waals surface area contributed by atoms with Crippen molar-refractivity contribution in [3.05, 3.63) is 60.9 Å². The third-order valence-corrected chi connectivity index (χ3v) is 6.79. The van der Waals surface area contributed by atoms with Gasteiger partial charge < -0.3 is 9.47 Å². The highest BCUT2D eigenvalue weighted by molar-refractivity contribution is 9.10. The predicted molar refractivity (Wildman–Crippen MR) is 132 cm³/mol.